The zero-order chi connectivity index (χ0) is 14.8. The Balaban J connectivity index is 1.96. The van der Waals surface area contributed by atoms with Gasteiger partial charge in [0.15, 0.2) is 0 Å². The van der Waals surface area contributed by atoms with E-state index < -0.39 is 0 Å². The lowest BCUT2D eigenvalue weighted by Crippen LogP contribution is -2.57. The lowest BCUT2D eigenvalue weighted by molar-refractivity contribution is 0.0556. The Labute approximate surface area is 124 Å². The van der Waals surface area contributed by atoms with Crippen LogP contribution in [0.25, 0.3) is 0 Å². The summed E-state index contributed by atoms with van der Waals surface area (Å²) in [6, 6.07) is 3.36. The molecule has 0 atom stereocenters. The topological polar surface area (TPSA) is 71.2 Å². The minimum atomic E-state index is -0.160. The molecule has 0 aliphatic heterocycles. The van der Waals surface area contributed by atoms with Crippen molar-refractivity contribution < 1.29 is 4.79 Å². The Morgan fingerprint density at radius 2 is 2.20 bits per heavy atom. The standard InChI is InChI=1S/C14H20N4OS/c1-18(2)14(6-3-7-14)9-17-13(19)11-5-4-10(8-16-11)12(15)20/h4-5,8H,3,6-7,9H2,1-2H3,(H2,15,20)(H,17,19). The molecule has 1 aromatic heterocycles. The van der Waals surface area contributed by atoms with E-state index in [1.807, 2.05) is 0 Å². The summed E-state index contributed by atoms with van der Waals surface area (Å²) in [4.78, 5) is 18.7. The first kappa shape index (κ1) is 14.9. The van der Waals surface area contributed by atoms with Crippen molar-refractivity contribution in [1.82, 2.24) is 15.2 Å². The van der Waals surface area contributed by atoms with Gasteiger partial charge in [-0.2, -0.15) is 0 Å². The van der Waals surface area contributed by atoms with E-state index in [-0.39, 0.29) is 16.4 Å². The van der Waals surface area contributed by atoms with E-state index >= 15 is 0 Å². The number of nitrogens with zero attached hydrogens (tertiary/aromatic N) is 2. The van der Waals surface area contributed by atoms with Gasteiger partial charge >= 0.3 is 0 Å². The third-order valence-electron chi connectivity index (χ3n) is 4.09. The van der Waals surface area contributed by atoms with Crippen LogP contribution in [-0.2, 0) is 0 Å². The van der Waals surface area contributed by atoms with Crippen LogP contribution in [0.4, 0.5) is 0 Å². The van der Waals surface area contributed by atoms with Gasteiger partial charge in [0.2, 0.25) is 0 Å². The van der Waals surface area contributed by atoms with E-state index in [2.05, 4.69) is 29.3 Å². The van der Waals surface area contributed by atoms with E-state index in [1.54, 1.807) is 12.1 Å². The van der Waals surface area contributed by atoms with E-state index in [4.69, 9.17) is 18.0 Å². The van der Waals surface area contributed by atoms with Gasteiger partial charge in [0.1, 0.15) is 10.7 Å². The summed E-state index contributed by atoms with van der Waals surface area (Å²) in [6.07, 6.45) is 4.99. The highest BCUT2D eigenvalue weighted by atomic mass is 32.1. The number of carbonyl (C=O) groups excluding carboxylic acids is 1. The van der Waals surface area contributed by atoms with Gasteiger partial charge in [0.25, 0.3) is 5.91 Å². The summed E-state index contributed by atoms with van der Waals surface area (Å²) in [5.41, 5.74) is 6.66. The molecule has 1 amide bonds. The number of rotatable bonds is 5. The molecule has 1 heterocycles. The van der Waals surface area contributed by atoms with Crippen LogP contribution in [0, 0.1) is 0 Å². The van der Waals surface area contributed by atoms with Gasteiger partial charge in [-0.25, -0.2) is 0 Å². The van der Waals surface area contributed by atoms with Crippen LogP contribution in [0.15, 0.2) is 18.3 Å². The molecule has 20 heavy (non-hydrogen) atoms. The fourth-order valence-electron chi connectivity index (χ4n) is 2.38. The maximum absolute atomic E-state index is 12.1. The number of hydrogen-bond donors (Lipinski definition) is 2. The van der Waals surface area contributed by atoms with E-state index in [9.17, 15) is 4.79 Å². The summed E-state index contributed by atoms with van der Waals surface area (Å²) >= 11 is 4.85. The summed E-state index contributed by atoms with van der Waals surface area (Å²) in [6.45, 7) is 0.650. The van der Waals surface area contributed by atoms with Gasteiger partial charge in [-0.1, -0.05) is 12.2 Å². The SMILES string of the molecule is CN(C)C1(CNC(=O)c2ccc(C(N)=S)cn2)CCC1. The molecule has 0 saturated heterocycles. The highest BCUT2D eigenvalue weighted by Gasteiger charge is 2.39. The minimum Gasteiger partial charge on any atom is -0.389 e. The number of hydrogen-bond acceptors (Lipinski definition) is 4. The van der Waals surface area contributed by atoms with Gasteiger partial charge in [-0.3, -0.25) is 9.78 Å². The first-order chi connectivity index (χ1) is 9.44. The molecule has 0 aromatic carbocycles. The lowest BCUT2D eigenvalue weighted by atomic mass is 9.75. The third-order valence-corrected chi connectivity index (χ3v) is 4.33. The number of likely N-dealkylation sites (N-methyl/N-ethyl adjacent to an activating group) is 1. The fourth-order valence-corrected chi connectivity index (χ4v) is 2.50. The van der Waals surface area contributed by atoms with Crippen molar-refractivity contribution in [2.24, 2.45) is 5.73 Å². The predicted octanol–water partition coefficient (Wildman–Crippen LogP) is 0.930. The average molecular weight is 292 g/mol. The first-order valence-electron chi connectivity index (χ1n) is 6.66. The Morgan fingerprint density at radius 3 is 2.60 bits per heavy atom. The quantitative estimate of drug-likeness (QED) is 0.790. The zero-order valence-corrected chi connectivity index (χ0v) is 12.7. The summed E-state index contributed by atoms with van der Waals surface area (Å²) < 4.78 is 0. The molecule has 1 saturated carbocycles. The summed E-state index contributed by atoms with van der Waals surface area (Å²) in [7, 11) is 4.11. The molecule has 1 fully saturated rings. The van der Waals surface area contributed by atoms with Crippen molar-refractivity contribution in [3.05, 3.63) is 29.6 Å². The Kier molecular flexibility index (Phi) is 4.35. The van der Waals surface area contributed by atoms with Gasteiger partial charge in [0, 0.05) is 23.8 Å². The highest BCUT2D eigenvalue weighted by molar-refractivity contribution is 7.80. The second kappa shape index (κ2) is 5.85. The minimum absolute atomic E-state index is 0.106. The summed E-state index contributed by atoms with van der Waals surface area (Å²) in [5, 5.41) is 2.96. The Hall–Kier alpha value is -1.53. The van der Waals surface area contributed by atoms with Crippen LogP contribution in [0.3, 0.4) is 0 Å². The fraction of sp³-hybridized carbons (Fsp3) is 0.500. The number of pyridine rings is 1. The number of nitrogens with two attached hydrogens (primary N) is 1. The molecular weight excluding hydrogens is 272 g/mol. The highest BCUT2D eigenvalue weighted by Crippen LogP contribution is 2.35. The number of thiocarbonyl (C=S) groups is 1. The number of aromatic nitrogens is 1. The predicted molar refractivity (Wildman–Crippen MR) is 82.7 cm³/mol. The van der Waals surface area contributed by atoms with Crippen LogP contribution in [0.1, 0.15) is 35.3 Å². The van der Waals surface area contributed by atoms with Crippen molar-refractivity contribution in [2.45, 2.75) is 24.8 Å². The Bertz CT molecular complexity index is 508. The van der Waals surface area contributed by atoms with E-state index in [0.717, 1.165) is 12.8 Å². The number of nitrogens with one attached hydrogen (secondary N) is 1. The monoisotopic (exact) mass is 292 g/mol. The molecule has 0 radical (unpaired) electrons. The molecule has 3 N–H and O–H groups in total. The van der Waals surface area contributed by atoms with Gasteiger partial charge in [0.05, 0.1) is 0 Å². The van der Waals surface area contributed by atoms with Gasteiger partial charge in [-0.15, -0.1) is 0 Å². The second-order valence-electron chi connectivity index (χ2n) is 5.45. The van der Waals surface area contributed by atoms with Crippen LogP contribution < -0.4 is 11.1 Å². The molecule has 1 aliphatic carbocycles. The third kappa shape index (κ3) is 2.96. The van der Waals surface area contributed by atoms with Crippen LogP contribution in [0.5, 0.6) is 0 Å². The average Bonchev–Trinajstić information content (AvgIpc) is 2.36. The molecule has 5 nitrogen and oxygen atoms in total. The first-order valence-corrected chi connectivity index (χ1v) is 7.07. The molecule has 0 spiro atoms. The number of amides is 1. The molecule has 6 heteroatoms. The van der Waals surface area contributed by atoms with Crippen molar-refractivity contribution in [2.75, 3.05) is 20.6 Å². The van der Waals surface area contributed by atoms with Crippen molar-refractivity contribution in [1.29, 1.82) is 0 Å². The summed E-state index contributed by atoms with van der Waals surface area (Å²) in [5.74, 6) is -0.160. The van der Waals surface area contributed by atoms with Crippen LogP contribution in [-0.4, -0.2) is 47.0 Å². The van der Waals surface area contributed by atoms with Crippen molar-refractivity contribution in [3.63, 3.8) is 0 Å². The Morgan fingerprint density at radius 1 is 1.50 bits per heavy atom. The lowest BCUT2D eigenvalue weighted by Gasteiger charge is -2.47. The van der Waals surface area contributed by atoms with Crippen LogP contribution >= 0.6 is 12.2 Å². The second-order valence-corrected chi connectivity index (χ2v) is 5.89. The van der Waals surface area contributed by atoms with E-state index in [0.29, 0.717) is 17.8 Å². The largest absolute Gasteiger partial charge is 0.389 e. The zero-order valence-electron chi connectivity index (χ0n) is 11.8. The number of carbonyl (C=O) groups is 1. The van der Waals surface area contributed by atoms with Gasteiger partial charge in [-0.05, 0) is 45.5 Å². The maximum Gasteiger partial charge on any atom is 0.269 e. The van der Waals surface area contributed by atoms with Crippen LogP contribution in [0.2, 0.25) is 0 Å². The molecular formula is C14H20N4OS. The molecule has 108 valence electrons. The van der Waals surface area contributed by atoms with E-state index in [1.165, 1.54) is 12.6 Å². The van der Waals surface area contributed by atoms with Crippen molar-refractivity contribution in [3.8, 4) is 0 Å². The van der Waals surface area contributed by atoms with Crippen molar-refractivity contribution >= 4 is 23.1 Å². The maximum atomic E-state index is 12.1. The molecule has 2 rings (SSSR count). The smallest absolute Gasteiger partial charge is 0.269 e. The molecule has 1 aliphatic rings. The normalized spacial score (nSPS) is 16.6. The molecule has 0 bridgehead atoms. The molecule has 1 aromatic rings. The van der Waals surface area contributed by atoms with Gasteiger partial charge < -0.3 is 16.0 Å². The molecule has 0 unspecified atom stereocenters.